The third-order valence-electron chi connectivity index (χ3n) is 4.61. The zero-order chi connectivity index (χ0) is 17.2. The first-order valence-corrected chi connectivity index (χ1v) is 8.47. The van der Waals surface area contributed by atoms with Crippen LogP contribution in [-0.2, 0) is 11.3 Å². The van der Waals surface area contributed by atoms with Crippen molar-refractivity contribution in [2.45, 2.75) is 19.6 Å². The highest BCUT2D eigenvalue weighted by molar-refractivity contribution is 5.95. The molecule has 0 spiro atoms. The molecule has 1 atom stereocenters. The lowest BCUT2D eigenvalue weighted by Gasteiger charge is -2.34. The van der Waals surface area contributed by atoms with Gasteiger partial charge < -0.3 is 18.9 Å². The zero-order valence-corrected chi connectivity index (χ0v) is 14.4. The molecular weight excluding hydrogens is 318 g/mol. The maximum Gasteiger partial charge on any atom is 0.163 e. The van der Waals surface area contributed by atoms with Crippen LogP contribution in [0, 0.1) is 0 Å². The van der Waals surface area contributed by atoms with Gasteiger partial charge in [0.05, 0.1) is 20.3 Å². The maximum absolute atomic E-state index is 5.97. The summed E-state index contributed by atoms with van der Waals surface area (Å²) in [6.07, 6.45) is 3.49. The van der Waals surface area contributed by atoms with Gasteiger partial charge in [-0.3, -0.25) is 4.98 Å². The standard InChI is InChI=1S/C18H21N5O2/c1-3-22-12-20-21-18(22)16-11-23(9-10-25-16)14-7-8-19-17-13(14)5-4-6-15(17)24-2/h4-8,12,16H,3,9-11H2,1-2H3. The second-order valence-corrected chi connectivity index (χ2v) is 5.97. The van der Waals surface area contributed by atoms with E-state index < -0.39 is 0 Å². The van der Waals surface area contributed by atoms with Crippen molar-refractivity contribution in [3.05, 3.63) is 42.6 Å². The van der Waals surface area contributed by atoms with Crippen molar-refractivity contribution in [2.24, 2.45) is 0 Å². The van der Waals surface area contributed by atoms with Crippen molar-refractivity contribution in [1.82, 2.24) is 19.7 Å². The molecule has 0 amide bonds. The SMILES string of the molecule is CCn1cnnc1C1CN(c2ccnc3c(OC)cccc23)CCO1. The van der Waals surface area contributed by atoms with Gasteiger partial charge in [-0.2, -0.15) is 0 Å². The van der Waals surface area contributed by atoms with E-state index in [1.165, 1.54) is 0 Å². The third kappa shape index (κ3) is 2.80. The van der Waals surface area contributed by atoms with Crippen LogP contribution in [0.4, 0.5) is 5.69 Å². The second-order valence-electron chi connectivity index (χ2n) is 5.97. The molecule has 3 aromatic rings. The Labute approximate surface area is 146 Å². The first-order chi connectivity index (χ1) is 12.3. The molecule has 2 aromatic heterocycles. The van der Waals surface area contributed by atoms with Gasteiger partial charge in [0.15, 0.2) is 5.82 Å². The summed E-state index contributed by atoms with van der Waals surface area (Å²) in [4.78, 5) is 6.82. The summed E-state index contributed by atoms with van der Waals surface area (Å²) in [6, 6.07) is 8.07. The topological polar surface area (TPSA) is 65.3 Å². The lowest BCUT2D eigenvalue weighted by atomic mass is 10.1. The van der Waals surface area contributed by atoms with Crippen molar-refractivity contribution < 1.29 is 9.47 Å². The smallest absolute Gasteiger partial charge is 0.163 e. The molecule has 1 aliphatic heterocycles. The van der Waals surface area contributed by atoms with Gasteiger partial charge >= 0.3 is 0 Å². The fourth-order valence-electron chi connectivity index (χ4n) is 3.36. The molecule has 7 nitrogen and oxygen atoms in total. The van der Waals surface area contributed by atoms with E-state index in [0.717, 1.165) is 47.8 Å². The quantitative estimate of drug-likeness (QED) is 0.727. The van der Waals surface area contributed by atoms with Crippen molar-refractivity contribution >= 4 is 16.6 Å². The number of aryl methyl sites for hydroxylation is 1. The fourth-order valence-corrected chi connectivity index (χ4v) is 3.36. The summed E-state index contributed by atoms with van der Waals surface area (Å²) in [5.41, 5.74) is 2.02. The van der Waals surface area contributed by atoms with Crippen molar-refractivity contribution in [2.75, 3.05) is 31.7 Å². The minimum atomic E-state index is -0.0926. The van der Waals surface area contributed by atoms with E-state index in [9.17, 15) is 0 Å². The number of morpholine rings is 1. The second kappa shape index (κ2) is 6.68. The minimum absolute atomic E-state index is 0.0926. The number of fused-ring (bicyclic) bond motifs is 1. The number of hydrogen-bond acceptors (Lipinski definition) is 6. The fraction of sp³-hybridized carbons (Fsp3) is 0.389. The molecule has 130 valence electrons. The molecule has 0 aliphatic carbocycles. The summed E-state index contributed by atoms with van der Waals surface area (Å²) in [6.45, 7) is 5.12. The number of ether oxygens (including phenoxy) is 2. The number of anilines is 1. The number of hydrogen-bond donors (Lipinski definition) is 0. The van der Waals surface area contributed by atoms with Gasteiger partial charge in [-0.15, -0.1) is 10.2 Å². The van der Waals surface area contributed by atoms with Gasteiger partial charge in [-0.1, -0.05) is 12.1 Å². The van der Waals surface area contributed by atoms with E-state index in [0.29, 0.717) is 6.61 Å². The van der Waals surface area contributed by atoms with Crippen molar-refractivity contribution in [1.29, 1.82) is 0 Å². The summed E-state index contributed by atoms with van der Waals surface area (Å²) in [5.74, 6) is 1.66. The highest BCUT2D eigenvalue weighted by Gasteiger charge is 2.27. The van der Waals surface area contributed by atoms with Crippen LogP contribution < -0.4 is 9.64 Å². The van der Waals surface area contributed by atoms with Crippen LogP contribution in [0.1, 0.15) is 18.9 Å². The van der Waals surface area contributed by atoms with Crippen LogP contribution in [0.5, 0.6) is 5.75 Å². The van der Waals surface area contributed by atoms with Crippen LogP contribution >= 0.6 is 0 Å². The molecule has 0 bridgehead atoms. The monoisotopic (exact) mass is 339 g/mol. The third-order valence-corrected chi connectivity index (χ3v) is 4.61. The van der Waals surface area contributed by atoms with E-state index in [2.05, 4.69) is 39.1 Å². The Morgan fingerprint density at radius 2 is 2.24 bits per heavy atom. The Morgan fingerprint density at radius 1 is 1.32 bits per heavy atom. The van der Waals surface area contributed by atoms with Gasteiger partial charge in [0, 0.05) is 30.4 Å². The number of aromatic nitrogens is 4. The first kappa shape index (κ1) is 15.8. The lowest BCUT2D eigenvalue weighted by Crippen LogP contribution is -2.39. The van der Waals surface area contributed by atoms with E-state index in [4.69, 9.17) is 9.47 Å². The van der Waals surface area contributed by atoms with Crippen LogP contribution in [-0.4, -0.2) is 46.6 Å². The van der Waals surface area contributed by atoms with Crippen molar-refractivity contribution in [3.63, 3.8) is 0 Å². The van der Waals surface area contributed by atoms with Crippen LogP contribution in [0.25, 0.3) is 10.9 Å². The summed E-state index contributed by atoms with van der Waals surface area (Å²) >= 11 is 0. The summed E-state index contributed by atoms with van der Waals surface area (Å²) in [7, 11) is 1.67. The molecule has 0 saturated carbocycles. The first-order valence-electron chi connectivity index (χ1n) is 8.47. The van der Waals surface area contributed by atoms with Gasteiger partial charge in [0.25, 0.3) is 0 Å². The van der Waals surface area contributed by atoms with Gasteiger partial charge in [-0.05, 0) is 19.1 Å². The Morgan fingerprint density at radius 3 is 3.08 bits per heavy atom. The molecule has 1 saturated heterocycles. The van der Waals surface area contributed by atoms with Crippen molar-refractivity contribution in [3.8, 4) is 5.75 Å². The molecule has 1 unspecified atom stereocenters. The van der Waals surface area contributed by atoms with Crippen LogP contribution in [0.15, 0.2) is 36.8 Å². The van der Waals surface area contributed by atoms with E-state index in [-0.39, 0.29) is 6.10 Å². The molecule has 25 heavy (non-hydrogen) atoms. The zero-order valence-electron chi connectivity index (χ0n) is 14.4. The van der Waals surface area contributed by atoms with E-state index in [1.807, 2.05) is 22.9 Å². The predicted octanol–water partition coefficient (Wildman–Crippen LogP) is 2.43. The minimum Gasteiger partial charge on any atom is -0.494 e. The maximum atomic E-state index is 5.97. The number of pyridine rings is 1. The molecule has 1 aromatic carbocycles. The molecule has 1 aliphatic rings. The van der Waals surface area contributed by atoms with Crippen LogP contribution in [0.3, 0.4) is 0 Å². The average molecular weight is 339 g/mol. The Bertz CT molecular complexity index is 879. The molecule has 3 heterocycles. The Balaban J connectivity index is 1.69. The molecule has 4 rings (SSSR count). The normalized spacial score (nSPS) is 17.8. The highest BCUT2D eigenvalue weighted by Crippen LogP contribution is 2.33. The number of nitrogens with zero attached hydrogens (tertiary/aromatic N) is 5. The number of rotatable bonds is 4. The molecule has 1 fully saturated rings. The summed E-state index contributed by atoms with van der Waals surface area (Å²) in [5, 5.41) is 9.37. The van der Waals surface area contributed by atoms with Gasteiger partial charge in [-0.25, -0.2) is 0 Å². The number of methoxy groups -OCH3 is 1. The molecule has 0 radical (unpaired) electrons. The van der Waals surface area contributed by atoms with Gasteiger partial charge in [0.1, 0.15) is 23.7 Å². The number of para-hydroxylation sites is 1. The predicted molar refractivity (Wildman–Crippen MR) is 94.9 cm³/mol. The van der Waals surface area contributed by atoms with Crippen LogP contribution in [0.2, 0.25) is 0 Å². The molecular formula is C18H21N5O2. The van der Waals surface area contributed by atoms with E-state index in [1.54, 1.807) is 13.4 Å². The Kier molecular flexibility index (Phi) is 4.23. The lowest BCUT2D eigenvalue weighted by molar-refractivity contribution is 0.0317. The average Bonchev–Trinajstić information content (AvgIpc) is 3.16. The number of benzene rings is 1. The molecule has 7 heteroatoms. The summed E-state index contributed by atoms with van der Waals surface area (Å²) < 4.78 is 13.5. The van der Waals surface area contributed by atoms with E-state index >= 15 is 0 Å². The van der Waals surface area contributed by atoms with Gasteiger partial charge in [0.2, 0.25) is 0 Å². The largest absolute Gasteiger partial charge is 0.494 e. The highest BCUT2D eigenvalue weighted by atomic mass is 16.5. The Hall–Kier alpha value is -2.67. The molecule has 0 N–H and O–H groups in total.